The summed E-state index contributed by atoms with van der Waals surface area (Å²) in [5, 5.41) is 9.39. The van der Waals surface area contributed by atoms with Crippen LogP contribution in [0.3, 0.4) is 0 Å². The van der Waals surface area contributed by atoms with Crippen molar-refractivity contribution in [2.24, 2.45) is 0 Å². The number of imidazole rings is 1. The Morgan fingerprint density at radius 3 is 2.79 bits per heavy atom. The van der Waals surface area contributed by atoms with Crippen LogP contribution in [0.25, 0.3) is 16.8 Å². The molecule has 3 heterocycles. The van der Waals surface area contributed by atoms with Crippen LogP contribution >= 0.6 is 0 Å². The second-order valence-electron chi connectivity index (χ2n) is 6.33. The summed E-state index contributed by atoms with van der Waals surface area (Å²) >= 11 is 0. The fraction of sp³-hybridized carbons (Fsp3) is 0.263. The van der Waals surface area contributed by atoms with Crippen molar-refractivity contribution in [3.05, 3.63) is 60.0 Å². The fourth-order valence-electron chi connectivity index (χ4n) is 3.55. The summed E-state index contributed by atoms with van der Waals surface area (Å²) < 4.78 is 2.02. The summed E-state index contributed by atoms with van der Waals surface area (Å²) in [4.78, 5) is 17.7. The van der Waals surface area contributed by atoms with E-state index in [4.69, 9.17) is 4.98 Å². The number of aryl methyl sites for hydroxylation is 1. The molecule has 1 amide bonds. The molecule has 0 radical (unpaired) electrons. The molecule has 4 rings (SSSR count). The second kappa shape index (κ2) is 5.67. The minimum atomic E-state index is -0.867. The maximum Gasteiger partial charge on any atom is 0.407 e. The molecular formula is C19H19N3O2. The Hall–Kier alpha value is -2.82. The molecule has 24 heavy (non-hydrogen) atoms. The number of benzene rings is 1. The van der Waals surface area contributed by atoms with Gasteiger partial charge in [0.25, 0.3) is 0 Å². The van der Waals surface area contributed by atoms with Gasteiger partial charge in [-0.3, -0.25) is 4.90 Å². The van der Waals surface area contributed by atoms with E-state index in [1.54, 1.807) is 0 Å². The zero-order valence-corrected chi connectivity index (χ0v) is 13.5. The Morgan fingerprint density at radius 1 is 1.25 bits per heavy atom. The number of hydrogen-bond donors (Lipinski definition) is 1. The molecule has 1 aromatic carbocycles. The van der Waals surface area contributed by atoms with Gasteiger partial charge in [0.15, 0.2) is 0 Å². The second-order valence-corrected chi connectivity index (χ2v) is 6.33. The van der Waals surface area contributed by atoms with Crippen molar-refractivity contribution in [3.63, 3.8) is 0 Å². The number of likely N-dealkylation sites (tertiary alicyclic amines) is 1. The molecule has 1 N–H and O–H groups in total. The monoisotopic (exact) mass is 321 g/mol. The van der Waals surface area contributed by atoms with Crippen LogP contribution in [0.4, 0.5) is 4.79 Å². The van der Waals surface area contributed by atoms with E-state index in [2.05, 4.69) is 25.1 Å². The summed E-state index contributed by atoms with van der Waals surface area (Å²) in [6.45, 7) is 2.64. The van der Waals surface area contributed by atoms with E-state index in [-0.39, 0.29) is 6.04 Å². The number of nitrogens with zero attached hydrogens (tertiary/aromatic N) is 3. The zero-order valence-electron chi connectivity index (χ0n) is 13.5. The average Bonchev–Trinajstić information content (AvgIpc) is 3.21. The molecule has 0 unspecified atom stereocenters. The molecule has 0 aliphatic carbocycles. The highest BCUT2D eigenvalue weighted by atomic mass is 16.4. The van der Waals surface area contributed by atoms with Gasteiger partial charge >= 0.3 is 6.09 Å². The van der Waals surface area contributed by atoms with E-state index in [9.17, 15) is 9.90 Å². The highest BCUT2D eigenvalue weighted by molar-refractivity contribution is 5.78. The Morgan fingerprint density at radius 2 is 2.04 bits per heavy atom. The molecule has 3 aromatic rings. The molecular weight excluding hydrogens is 302 g/mol. The number of amides is 1. The number of fused-ring (bicyclic) bond motifs is 1. The fourth-order valence-corrected chi connectivity index (χ4v) is 3.55. The van der Waals surface area contributed by atoms with Gasteiger partial charge in [-0.1, -0.05) is 30.3 Å². The predicted molar refractivity (Wildman–Crippen MR) is 92.1 cm³/mol. The lowest BCUT2D eigenvalue weighted by molar-refractivity contribution is 0.139. The van der Waals surface area contributed by atoms with E-state index in [1.165, 1.54) is 4.90 Å². The van der Waals surface area contributed by atoms with Crippen molar-refractivity contribution >= 4 is 11.7 Å². The Labute approximate surface area is 140 Å². The van der Waals surface area contributed by atoms with E-state index in [1.807, 2.05) is 35.0 Å². The summed E-state index contributed by atoms with van der Waals surface area (Å²) in [6.07, 6.45) is 4.86. The minimum absolute atomic E-state index is 0.147. The maximum atomic E-state index is 11.4. The van der Waals surface area contributed by atoms with Crippen molar-refractivity contribution in [2.45, 2.75) is 25.8 Å². The summed E-state index contributed by atoms with van der Waals surface area (Å²) in [5.74, 6) is 0. The van der Waals surface area contributed by atoms with Gasteiger partial charge in [-0.25, -0.2) is 9.78 Å². The van der Waals surface area contributed by atoms with Crippen LogP contribution in [0.15, 0.2) is 48.8 Å². The Kier molecular flexibility index (Phi) is 3.49. The van der Waals surface area contributed by atoms with Gasteiger partial charge < -0.3 is 9.51 Å². The molecule has 1 atom stereocenters. The van der Waals surface area contributed by atoms with Crippen LogP contribution in [-0.2, 0) is 0 Å². The molecule has 0 saturated carbocycles. The first kappa shape index (κ1) is 14.8. The third-order valence-corrected chi connectivity index (χ3v) is 4.63. The van der Waals surface area contributed by atoms with Crippen molar-refractivity contribution in [3.8, 4) is 11.1 Å². The van der Waals surface area contributed by atoms with Crippen LogP contribution in [0.5, 0.6) is 0 Å². The number of carbonyl (C=O) groups is 1. The number of pyridine rings is 1. The highest BCUT2D eigenvalue weighted by Crippen LogP contribution is 2.33. The quantitative estimate of drug-likeness (QED) is 0.772. The highest BCUT2D eigenvalue weighted by Gasteiger charge is 2.31. The van der Waals surface area contributed by atoms with Gasteiger partial charge in [0.1, 0.15) is 5.65 Å². The lowest BCUT2D eigenvalue weighted by atomic mass is 10.1. The third kappa shape index (κ3) is 2.42. The van der Waals surface area contributed by atoms with E-state index in [0.717, 1.165) is 40.9 Å². The summed E-state index contributed by atoms with van der Waals surface area (Å²) in [7, 11) is 0. The van der Waals surface area contributed by atoms with Gasteiger partial charge in [-0.2, -0.15) is 0 Å². The summed E-state index contributed by atoms with van der Waals surface area (Å²) in [6, 6.07) is 12.2. The molecule has 5 nitrogen and oxygen atoms in total. The van der Waals surface area contributed by atoms with Crippen molar-refractivity contribution in [2.75, 3.05) is 6.54 Å². The molecule has 0 bridgehead atoms. The van der Waals surface area contributed by atoms with Crippen LogP contribution in [0, 0.1) is 6.92 Å². The van der Waals surface area contributed by atoms with Crippen molar-refractivity contribution in [1.82, 2.24) is 14.3 Å². The van der Waals surface area contributed by atoms with Crippen LogP contribution in [-0.4, -0.2) is 32.0 Å². The van der Waals surface area contributed by atoms with Gasteiger partial charge in [-0.05, 0) is 37.0 Å². The smallest absolute Gasteiger partial charge is 0.407 e. The molecule has 1 aliphatic rings. The predicted octanol–water partition coefficient (Wildman–Crippen LogP) is 4.12. The van der Waals surface area contributed by atoms with Gasteiger partial charge in [-0.15, -0.1) is 0 Å². The SMILES string of the molecule is Cc1cc(-c2ccccc2)c2nc([C@@H]3CCCN3C(=O)O)cn2c1. The number of carboxylic acid groups (broad SMARTS) is 1. The molecule has 1 saturated heterocycles. The Balaban J connectivity index is 1.85. The number of hydrogen-bond acceptors (Lipinski definition) is 2. The largest absolute Gasteiger partial charge is 0.465 e. The molecule has 1 fully saturated rings. The van der Waals surface area contributed by atoms with Crippen molar-refractivity contribution < 1.29 is 9.90 Å². The first-order valence-corrected chi connectivity index (χ1v) is 8.18. The van der Waals surface area contributed by atoms with Crippen LogP contribution < -0.4 is 0 Å². The van der Waals surface area contributed by atoms with Gasteiger partial charge in [0.2, 0.25) is 0 Å². The maximum absolute atomic E-state index is 11.4. The van der Waals surface area contributed by atoms with Gasteiger partial charge in [0.05, 0.1) is 11.7 Å². The first-order chi connectivity index (χ1) is 11.6. The first-order valence-electron chi connectivity index (χ1n) is 8.18. The van der Waals surface area contributed by atoms with E-state index >= 15 is 0 Å². The zero-order chi connectivity index (χ0) is 16.7. The molecule has 0 spiro atoms. The van der Waals surface area contributed by atoms with Gasteiger partial charge in [0, 0.05) is 24.5 Å². The number of rotatable bonds is 2. The van der Waals surface area contributed by atoms with Crippen LogP contribution in [0.1, 0.15) is 30.1 Å². The van der Waals surface area contributed by atoms with Crippen LogP contribution in [0.2, 0.25) is 0 Å². The Bertz CT molecular complexity index is 902. The standard InChI is InChI=1S/C19H19N3O2/c1-13-10-15(14-6-3-2-4-7-14)18-20-16(12-21(18)11-13)17-8-5-9-22(17)19(23)24/h2-4,6-7,10-12,17H,5,8-9H2,1H3,(H,23,24)/t17-/m0/s1. The molecule has 1 aliphatic heterocycles. The van der Waals surface area contributed by atoms with E-state index < -0.39 is 6.09 Å². The number of aromatic nitrogens is 2. The molecule has 5 heteroatoms. The van der Waals surface area contributed by atoms with Crippen molar-refractivity contribution in [1.29, 1.82) is 0 Å². The normalized spacial score (nSPS) is 17.5. The topological polar surface area (TPSA) is 57.8 Å². The molecule has 2 aromatic heterocycles. The molecule has 122 valence electrons. The minimum Gasteiger partial charge on any atom is -0.465 e. The summed E-state index contributed by atoms with van der Waals surface area (Å²) in [5.41, 5.74) is 5.04. The lowest BCUT2D eigenvalue weighted by Gasteiger charge is -2.19. The third-order valence-electron chi connectivity index (χ3n) is 4.63. The van der Waals surface area contributed by atoms with E-state index in [0.29, 0.717) is 6.54 Å². The lowest BCUT2D eigenvalue weighted by Crippen LogP contribution is -2.28. The average molecular weight is 321 g/mol.